The molecule has 1 aromatic carbocycles. The number of rotatable bonds is 8. The summed E-state index contributed by atoms with van der Waals surface area (Å²) in [6.07, 6.45) is 8.24. The molecule has 0 radical (unpaired) electrons. The van der Waals surface area contributed by atoms with E-state index < -0.39 is 34.8 Å². The van der Waals surface area contributed by atoms with E-state index >= 15 is 0 Å². The topological polar surface area (TPSA) is 148 Å². The van der Waals surface area contributed by atoms with Gasteiger partial charge < -0.3 is 20.1 Å². The van der Waals surface area contributed by atoms with Gasteiger partial charge in [0.2, 0.25) is 5.95 Å². The third-order valence-corrected chi connectivity index (χ3v) is 10.9. The maximum atomic E-state index is 14.7. The van der Waals surface area contributed by atoms with Gasteiger partial charge in [-0.1, -0.05) is 6.92 Å². The number of aromatic nitrogens is 6. The molecular formula is C38H37F3N8O4. The molecule has 2 saturated carbocycles. The van der Waals surface area contributed by atoms with Crippen molar-refractivity contribution >= 4 is 28.7 Å². The molecule has 3 fully saturated rings. The number of piperidine rings is 1. The number of aliphatic carboxylic acids is 1. The first kappa shape index (κ1) is 34.5. The SMILES string of the molecule is CC1CC2CC(C1)C(NC(=O)c1ccc(-c3cn(-c4cnccn4)c4cc(OC5CCN(c6ncccn6)CC5)ccc34)nc1C(F)(F)F)(C(=O)O)C2. The maximum absolute atomic E-state index is 14.7. The summed E-state index contributed by atoms with van der Waals surface area (Å²) in [5.41, 5.74) is -2.80. The number of hydrogen-bond donors (Lipinski definition) is 2. The Morgan fingerprint density at radius 2 is 1.79 bits per heavy atom. The molecule has 15 heteroatoms. The van der Waals surface area contributed by atoms with Gasteiger partial charge in [-0.3, -0.25) is 14.3 Å². The molecule has 2 N–H and O–H groups in total. The second kappa shape index (κ2) is 13.4. The number of carboxylic acid groups (broad SMARTS) is 1. The minimum Gasteiger partial charge on any atom is -0.490 e. The van der Waals surface area contributed by atoms with Crippen LogP contribution in [0.1, 0.15) is 61.5 Å². The van der Waals surface area contributed by atoms with Crippen LogP contribution in [0.5, 0.6) is 5.75 Å². The van der Waals surface area contributed by atoms with Gasteiger partial charge in [0.25, 0.3) is 5.91 Å². The second-order valence-electron chi connectivity index (χ2n) is 14.4. The monoisotopic (exact) mass is 726 g/mol. The van der Waals surface area contributed by atoms with E-state index in [4.69, 9.17) is 4.74 Å². The molecule has 4 aromatic heterocycles. The molecule has 0 spiro atoms. The highest BCUT2D eigenvalue weighted by molar-refractivity contribution is 6.01. The molecule has 4 atom stereocenters. The van der Waals surface area contributed by atoms with E-state index in [1.807, 2.05) is 13.0 Å². The zero-order chi connectivity index (χ0) is 36.9. The van der Waals surface area contributed by atoms with E-state index in [1.54, 1.807) is 41.4 Å². The lowest BCUT2D eigenvalue weighted by molar-refractivity contribution is -0.146. The van der Waals surface area contributed by atoms with Crippen molar-refractivity contribution in [3.63, 3.8) is 0 Å². The highest BCUT2D eigenvalue weighted by Crippen LogP contribution is 2.51. The standard InChI is InChI=1S/C38H37F3N8O4/c1-22-15-23-17-24(16-22)37(19-23,35(51)52)47-34(50)28-5-6-30(46-33(28)38(39,40)41)29-21-49(32-20-42-11-12-43-32)31-18-26(3-4-27(29)31)53-25-7-13-48(14-8-25)36-44-9-2-10-45-36/h2-6,9-12,18,20-25H,7-8,13-17,19H2,1H3,(H,47,50)(H,51,52). The van der Waals surface area contributed by atoms with E-state index in [-0.39, 0.29) is 36.0 Å². The van der Waals surface area contributed by atoms with Crippen LogP contribution < -0.4 is 15.0 Å². The van der Waals surface area contributed by atoms with Gasteiger partial charge >= 0.3 is 12.1 Å². The number of nitrogens with one attached hydrogen (secondary N) is 1. The molecular weight excluding hydrogens is 689 g/mol. The first-order valence-corrected chi connectivity index (χ1v) is 17.7. The van der Waals surface area contributed by atoms with E-state index in [0.29, 0.717) is 46.8 Å². The summed E-state index contributed by atoms with van der Waals surface area (Å²) in [5.74, 6) is -0.658. The van der Waals surface area contributed by atoms with Crippen molar-refractivity contribution in [3.8, 4) is 22.8 Å². The number of hydrogen-bond acceptors (Lipinski definition) is 9. The molecule has 2 aliphatic carbocycles. The minimum atomic E-state index is -5.01. The molecule has 2 bridgehead atoms. The minimum absolute atomic E-state index is 0.0239. The highest BCUT2D eigenvalue weighted by Gasteiger charge is 2.56. The van der Waals surface area contributed by atoms with Gasteiger partial charge in [-0.25, -0.2) is 24.7 Å². The van der Waals surface area contributed by atoms with Crippen molar-refractivity contribution < 1.29 is 32.6 Å². The number of pyridine rings is 1. The van der Waals surface area contributed by atoms with Gasteiger partial charge in [0, 0.05) is 73.9 Å². The number of nitrogens with zero attached hydrogens (tertiary/aromatic N) is 7. The number of amides is 1. The Kier molecular flexibility index (Phi) is 8.74. The third kappa shape index (κ3) is 6.52. The molecule has 53 heavy (non-hydrogen) atoms. The smallest absolute Gasteiger partial charge is 0.434 e. The number of carbonyl (C=O) groups excluding carboxylic acids is 1. The predicted octanol–water partition coefficient (Wildman–Crippen LogP) is 6.35. The van der Waals surface area contributed by atoms with Gasteiger partial charge in [0.1, 0.15) is 17.4 Å². The van der Waals surface area contributed by atoms with Crippen LogP contribution in [-0.2, 0) is 11.0 Å². The summed E-state index contributed by atoms with van der Waals surface area (Å²) in [6.45, 7) is 3.47. The number of halogens is 3. The molecule has 3 aliphatic rings. The second-order valence-corrected chi connectivity index (χ2v) is 14.4. The van der Waals surface area contributed by atoms with Crippen molar-refractivity contribution in [2.75, 3.05) is 18.0 Å². The van der Waals surface area contributed by atoms with Gasteiger partial charge in [0.05, 0.1) is 23.0 Å². The summed E-state index contributed by atoms with van der Waals surface area (Å²) in [6, 6.07) is 9.57. The summed E-state index contributed by atoms with van der Waals surface area (Å²) < 4.78 is 52.2. The van der Waals surface area contributed by atoms with Crippen LogP contribution in [-0.4, -0.2) is 71.2 Å². The number of benzene rings is 1. The van der Waals surface area contributed by atoms with Crippen molar-refractivity contribution in [2.24, 2.45) is 17.8 Å². The van der Waals surface area contributed by atoms with Gasteiger partial charge in [-0.05, 0) is 73.8 Å². The fraction of sp³-hybridized carbons (Fsp3) is 0.395. The lowest BCUT2D eigenvalue weighted by Gasteiger charge is -2.33. The van der Waals surface area contributed by atoms with Crippen molar-refractivity contribution in [2.45, 2.75) is 63.3 Å². The lowest BCUT2D eigenvalue weighted by Crippen LogP contribution is -2.57. The quantitative estimate of drug-likeness (QED) is 0.185. The van der Waals surface area contributed by atoms with Crippen LogP contribution in [0.25, 0.3) is 28.0 Å². The van der Waals surface area contributed by atoms with Crippen LogP contribution in [0.3, 0.4) is 0 Å². The van der Waals surface area contributed by atoms with Crippen LogP contribution in [0.4, 0.5) is 19.1 Å². The van der Waals surface area contributed by atoms with Crippen molar-refractivity contribution in [1.29, 1.82) is 0 Å². The van der Waals surface area contributed by atoms with Gasteiger partial charge in [0.15, 0.2) is 11.5 Å². The molecule has 1 saturated heterocycles. The fourth-order valence-electron chi connectivity index (χ4n) is 8.59. The largest absolute Gasteiger partial charge is 0.490 e. The third-order valence-electron chi connectivity index (χ3n) is 10.9. The zero-order valence-electron chi connectivity index (χ0n) is 28.8. The van der Waals surface area contributed by atoms with E-state index in [1.165, 1.54) is 24.7 Å². The molecule has 8 rings (SSSR count). The average molecular weight is 727 g/mol. The number of carboxylic acids is 1. The molecule has 12 nitrogen and oxygen atoms in total. The Morgan fingerprint density at radius 1 is 1.00 bits per heavy atom. The Balaban J connectivity index is 1.11. The Hall–Kier alpha value is -5.60. The Bertz CT molecular complexity index is 2160. The zero-order valence-corrected chi connectivity index (χ0v) is 28.8. The van der Waals surface area contributed by atoms with Crippen LogP contribution in [0.15, 0.2) is 73.6 Å². The summed E-state index contributed by atoms with van der Waals surface area (Å²) in [7, 11) is 0. The highest BCUT2D eigenvalue weighted by atomic mass is 19.4. The molecule has 5 heterocycles. The summed E-state index contributed by atoms with van der Waals surface area (Å²) in [4.78, 5) is 49.7. The Morgan fingerprint density at radius 3 is 2.51 bits per heavy atom. The number of anilines is 1. The molecule has 5 aromatic rings. The molecule has 1 aliphatic heterocycles. The maximum Gasteiger partial charge on any atom is 0.434 e. The van der Waals surface area contributed by atoms with Crippen LogP contribution >= 0.6 is 0 Å². The molecule has 4 unspecified atom stereocenters. The van der Waals surface area contributed by atoms with Crippen LogP contribution in [0.2, 0.25) is 0 Å². The first-order chi connectivity index (χ1) is 25.5. The molecule has 274 valence electrons. The summed E-state index contributed by atoms with van der Waals surface area (Å²) in [5, 5.41) is 13.4. The fourth-order valence-corrected chi connectivity index (χ4v) is 8.59. The Labute approximate surface area is 302 Å². The normalized spacial score (nSPS) is 23.2. The van der Waals surface area contributed by atoms with Crippen LogP contribution in [0, 0.1) is 17.8 Å². The molecule has 1 amide bonds. The van der Waals surface area contributed by atoms with Gasteiger partial charge in [-0.2, -0.15) is 13.2 Å². The number of carbonyl (C=O) groups is 2. The van der Waals surface area contributed by atoms with Crippen molar-refractivity contribution in [1.82, 2.24) is 34.8 Å². The predicted molar refractivity (Wildman–Crippen MR) is 187 cm³/mol. The van der Waals surface area contributed by atoms with Gasteiger partial charge in [-0.15, -0.1) is 0 Å². The number of alkyl halides is 3. The number of fused-ring (bicyclic) bond motifs is 3. The first-order valence-electron chi connectivity index (χ1n) is 17.7. The van der Waals surface area contributed by atoms with E-state index in [9.17, 15) is 27.9 Å². The lowest BCUT2D eigenvalue weighted by atomic mass is 9.78. The van der Waals surface area contributed by atoms with Crippen molar-refractivity contribution in [3.05, 3.63) is 84.8 Å². The van der Waals surface area contributed by atoms with E-state index in [2.05, 4.69) is 35.1 Å². The average Bonchev–Trinajstić information content (AvgIpc) is 3.66. The summed E-state index contributed by atoms with van der Waals surface area (Å²) >= 11 is 0. The number of ether oxygens (including phenoxy) is 1. The van der Waals surface area contributed by atoms with E-state index in [0.717, 1.165) is 38.4 Å².